The molecule has 0 saturated heterocycles. The third-order valence-electron chi connectivity index (χ3n) is 5.07. The molecule has 1 aromatic carbocycles. The van der Waals surface area contributed by atoms with E-state index >= 15 is 0 Å². The van der Waals surface area contributed by atoms with Crippen LogP contribution in [-0.4, -0.2) is 42.1 Å². The van der Waals surface area contributed by atoms with Crippen LogP contribution >= 0.6 is 0 Å². The Morgan fingerprint density at radius 1 is 1.27 bits per heavy atom. The molecule has 3 rings (SSSR count). The van der Waals surface area contributed by atoms with Crippen molar-refractivity contribution in [2.24, 2.45) is 0 Å². The monoisotopic (exact) mass is 357 g/mol. The van der Waals surface area contributed by atoms with Crippen molar-refractivity contribution >= 4 is 18.0 Å². The third kappa shape index (κ3) is 2.96. The van der Waals surface area contributed by atoms with Gasteiger partial charge in [0.15, 0.2) is 11.5 Å². The molecule has 26 heavy (non-hydrogen) atoms. The lowest BCUT2D eigenvalue weighted by Gasteiger charge is -2.25. The van der Waals surface area contributed by atoms with Crippen LogP contribution in [0.5, 0.6) is 11.5 Å². The summed E-state index contributed by atoms with van der Waals surface area (Å²) in [5, 5.41) is 10.3. The van der Waals surface area contributed by atoms with Gasteiger partial charge in [-0.25, -0.2) is 4.79 Å². The van der Waals surface area contributed by atoms with Gasteiger partial charge in [0.2, 0.25) is 0 Å². The molecule has 138 valence electrons. The number of nitrogens with zero attached hydrogens (tertiary/aromatic N) is 1. The molecule has 0 bridgehead atoms. The molecule has 1 saturated carbocycles. The topological polar surface area (TPSA) is 76.1 Å². The van der Waals surface area contributed by atoms with E-state index in [0.29, 0.717) is 17.0 Å². The van der Waals surface area contributed by atoms with E-state index in [1.807, 2.05) is 0 Å². The first-order valence-corrected chi connectivity index (χ1v) is 8.70. The summed E-state index contributed by atoms with van der Waals surface area (Å²) >= 11 is 0. The molecule has 1 aliphatic heterocycles. The van der Waals surface area contributed by atoms with Crippen molar-refractivity contribution in [3.63, 3.8) is 0 Å². The molecular formula is C20H23NO5. The SMILES string of the molecule is COC(=O)C1=C(C)N(C2CCCC2)C(=O)C1=Cc1cccc(OC)c1O. The molecular weight excluding hydrogens is 334 g/mol. The Bertz CT molecular complexity index is 802. The van der Waals surface area contributed by atoms with Crippen LogP contribution in [0.3, 0.4) is 0 Å². The highest BCUT2D eigenvalue weighted by atomic mass is 16.5. The fraction of sp³-hybridized carbons (Fsp3) is 0.400. The zero-order valence-corrected chi connectivity index (χ0v) is 15.2. The lowest BCUT2D eigenvalue weighted by atomic mass is 10.0. The van der Waals surface area contributed by atoms with E-state index in [1.165, 1.54) is 20.3 Å². The molecule has 1 amide bonds. The highest BCUT2D eigenvalue weighted by molar-refractivity contribution is 6.16. The maximum atomic E-state index is 13.1. The fourth-order valence-corrected chi connectivity index (χ4v) is 3.78. The van der Waals surface area contributed by atoms with Gasteiger partial charge in [-0.05, 0) is 31.9 Å². The number of para-hydroxylation sites is 1. The average molecular weight is 357 g/mol. The summed E-state index contributed by atoms with van der Waals surface area (Å²) in [4.78, 5) is 27.2. The molecule has 1 aliphatic carbocycles. The van der Waals surface area contributed by atoms with Crippen LogP contribution in [0.4, 0.5) is 0 Å². The van der Waals surface area contributed by atoms with Crippen molar-refractivity contribution in [3.8, 4) is 11.5 Å². The zero-order valence-electron chi connectivity index (χ0n) is 15.2. The molecule has 6 nitrogen and oxygen atoms in total. The Balaban J connectivity index is 2.10. The van der Waals surface area contributed by atoms with Crippen molar-refractivity contribution in [1.82, 2.24) is 4.90 Å². The van der Waals surface area contributed by atoms with Crippen LogP contribution in [0.1, 0.15) is 38.2 Å². The minimum absolute atomic E-state index is 0.0727. The molecule has 0 atom stereocenters. The van der Waals surface area contributed by atoms with Crippen LogP contribution in [-0.2, 0) is 14.3 Å². The lowest BCUT2D eigenvalue weighted by Crippen LogP contribution is -2.34. The maximum Gasteiger partial charge on any atom is 0.340 e. The van der Waals surface area contributed by atoms with Crippen LogP contribution in [0.2, 0.25) is 0 Å². The molecule has 0 unspecified atom stereocenters. The summed E-state index contributed by atoms with van der Waals surface area (Å²) in [6.07, 6.45) is 5.53. The number of methoxy groups -OCH3 is 2. The molecule has 0 radical (unpaired) electrons. The molecule has 1 heterocycles. The molecule has 1 fully saturated rings. The fourth-order valence-electron chi connectivity index (χ4n) is 3.78. The Hall–Kier alpha value is -2.76. The van der Waals surface area contributed by atoms with E-state index in [2.05, 4.69) is 0 Å². The van der Waals surface area contributed by atoms with Crippen molar-refractivity contribution in [1.29, 1.82) is 0 Å². The van der Waals surface area contributed by atoms with Gasteiger partial charge >= 0.3 is 5.97 Å². The first-order valence-electron chi connectivity index (χ1n) is 8.70. The first-order chi connectivity index (χ1) is 12.5. The van der Waals surface area contributed by atoms with E-state index in [1.54, 1.807) is 30.0 Å². The number of hydrogen-bond donors (Lipinski definition) is 1. The van der Waals surface area contributed by atoms with Gasteiger partial charge < -0.3 is 19.5 Å². The van der Waals surface area contributed by atoms with Gasteiger partial charge in [0.05, 0.1) is 25.4 Å². The van der Waals surface area contributed by atoms with Gasteiger partial charge in [-0.3, -0.25) is 4.79 Å². The summed E-state index contributed by atoms with van der Waals surface area (Å²) in [6.45, 7) is 1.77. The second-order valence-electron chi connectivity index (χ2n) is 6.52. The van der Waals surface area contributed by atoms with Gasteiger partial charge in [-0.2, -0.15) is 0 Å². The lowest BCUT2D eigenvalue weighted by molar-refractivity contribution is -0.136. The van der Waals surface area contributed by atoms with Crippen molar-refractivity contribution in [3.05, 3.63) is 40.6 Å². The Morgan fingerprint density at radius 3 is 2.58 bits per heavy atom. The van der Waals surface area contributed by atoms with Gasteiger partial charge in [-0.1, -0.05) is 25.0 Å². The number of phenolic OH excluding ortho intramolecular Hbond substituents is 1. The van der Waals surface area contributed by atoms with Gasteiger partial charge in [-0.15, -0.1) is 0 Å². The number of rotatable bonds is 4. The van der Waals surface area contributed by atoms with E-state index in [4.69, 9.17) is 9.47 Å². The number of carbonyl (C=O) groups excluding carboxylic acids is 2. The number of allylic oxidation sites excluding steroid dienone is 1. The zero-order chi connectivity index (χ0) is 18.8. The van der Waals surface area contributed by atoms with Crippen LogP contribution < -0.4 is 4.74 Å². The standard InChI is InChI=1S/C20H23NO5/c1-12-17(20(24)26-3)15(19(23)21(12)14-8-4-5-9-14)11-13-7-6-10-16(25-2)18(13)22/h6-7,10-11,14,22H,4-5,8-9H2,1-3H3. The third-order valence-corrected chi connectivity index (χ3v) is 5.07. The highest BCUT2D eigenvalue weighted by Crippen LogP contribution is 2.39. The normalized spacial score (nSPS) is 19.6. The van der Waals surface area contributed by atoms with E-state index in [9.17, 15) is 14.7 Å². The maximum absolute atomic E-state index is 13.1. The molecule has 1 N–H and O–H groups in total. The van der Waals surface area contributed by atoms with Crippen LogP contribution in [0.15, 0.2) is 35.0 Å². The number of phenols is 1. The number of amides is 1. The molecule has 1 aromatic rings. The van der Waals surface area contributed by atoms with Crippen molar-refractivity contribution in [2.45, 2.75) is 38.6 Å². The minimum atomic E-state index is -0.551. The number of aromatic hydroxyl groups is 1. The molecule has 2 aliphatic rings. The smallest absolute Gasteiger partial charge is 0.340 e. The van der Waals surface area contributed by atoms with E-state index in [0.717, 1.165) is 25.7 Å². The Labute approximate surface area is 152 Å². The predicted molar refractivity (Wildman–Crippen MR) is 96.5 cm³/mol. The quantitative estimate of drug-likeness (QED) is 0.662. The summed E-state index contributed by atoms with van der Waals surface area (Å²) in [5.74, 6) is -0.545. The van der Waals surface area contributed by atoms with Crippen molar-refractivity contribution < 1.29 is 24.2 Å². The molecule has 0 aromatic heterocycles. The molecule has 6 heteroatoms. The number of esters is 1. The van der Waals surface area contributed by atoms with Gasteiger partial charge in [0, 0.05) is 17.3 Å². The van der Waals surface area contributed by atoms with E-state index < -0.39 is 5.97 Å². The second-order valence-corrected chi connectivity index (χ2v) is 6.52. The number of carbonyl (C=O) groups is 2. The van der Waals surface area contributed by atoms with E-state index in [-0.39, 0.29) is 28.8 Å². The Kier molecular flexibility index (Phi) is 5.02. The highest BCUT2D eigenvalue weighted by Gasteiger charge is 2.41. The number of hydrogen-bond acceptors (Lipinski definition) is 5. The average Bonchev–Trinajstić information content (AvgIpc) is 3.23. The van der Waals surface area contributed by atoms with Gasteiger partial charge in [0.25, 0.3) is 5.91 Å². The Morgan fingerprint density at radius 2 is 1.96 bits per heavy atom. The summed E-state index contributed by atoms with van der Waals surface area (Å²) in [5.41, 5.74) is 1.52. The summed E-state index contributed by atoms with van der Waals surface area (Å²) in [6, 6.07) is 5.11. The predicted octanol–water partition coefficient (Wildman–Crippen LogP) is 3.02. The number of ether oxygens (including phenoxy) is 2. The van der Waals surface area contributed by atoms with Gasteiger partial charge in [0.1, 0.15) is 0 Å². The summed E-state index contributed by atoms with van der Waals surface area (Å²) < 4.78 is 10.0. The van der Waals surface area contributed by atoms with Crippen molar-refractivity contribution in [2.75, 3.05) is 14.2 Å². The summed E-state index contributed by atoms with van der Waals surface area (Å²) in [7, 11) is 2.75. The number of benzene rings is 1. The second kappa shape index (κ2) is 7.23. The minimum Gasteiger partial charge on any atom is -0.504 e. The molecule has 0 spiro atoms. The largest absolute Gasteiger partial charge is 0.504 e. The van der Waals surface area contributed by atoms with Crippen LogP contribution in [0.25, 0.3) is 6.08 Å². The first kappa shape index (κ1) is 18.0. The van der Waals surface area contributed by atoms with Crippen LogP contribution in [0, 0.1) is 0 Å².